The molecule has 25 heavy (non-hydrogen) atoms. The van der Waals surface area contributed by atoms with Crippen molar-refractivity contribution in [2.75, 3.05) is 4.90 Å². The smallest absolute Gasteiger partial charge is 0.379 e. The molecule has 6 heteroatoms. The van der Waals surface area contributed by atoms with Crippen LogP contribution in [0.15, 0.2) is 47.1 Å². The summed E-state index contributed by atoms with van der Waals surface area (Å²) in [4.78, 5) is 38.9. The molecule has 0 N–H and O–H groups in total. The molecular formula is C19H17NO5. The Morgan fingerprint density at radius 1 is 1.00 bits per heavy atom. The van der Waals surface area contributed by atoms with Crippen molar-refractivity contribution in [1.82, 2.24) is 0 Å². The van der Waals surface area contributed by atoms with Crippen LogP contribution in [0.4, 0.5) is 5.69 Å². The number of anilines is 1. The minimum atomic E-state index is -0.672. The molecule has 1 saturated carbocycles. The Balaban J connectivity index is 1.66. The van der Waals surface area contributed by atoms with Crippen LogP contribution in [0, 0.1) is 11.8 Å². The normalized spacial score (nSPS) is 22.8. The van der Waals surface area contributed by atoms with Crippen molar-refractivity contribution in [1.29, 1.82) is 0 Å². The highest BCUT2D eigenvalue weighted by Gasteiger charge is 2.49. The number of fused-ring (bicyclic) bond motifs is 1. The van der Waals surface area contributed by atoms with Crippen LogP contribution in [-0.2, 0) is 9.59 Å². The fourth-order valence-electron chi connectivity index (χ4n) is 3.67. The summed E-state index contributed by atoms with van der Waals surface area (Å²) in [7, 11) is 0. The van der Waals surface area contributed by atoms with Crippen LogP contribution >= 0.6 is 0 Å². The summed E-state index contributed by atoms with van der Waals surface area (Å²) < 4.78 is 10.4. The number of carbonyl (C=O) groups excluding carboxylic acids is 3. The first-order valence-corrected chi connectivity index (χ1v) is 8.39. The predicted molar refractivity (Wildman–Crippen MR) is 88.0 cm³/mol. The molecular weight excluding hydrogens is 322 g/mol. The van der Waals surface area contributed by atoms with Gasteiger partial charge < -0.3 is 9.15 Å². The molecule has 1 saturated heterocycles. The summed E-state index contributed by atoms with van der Waals surface area (Å²) in [5.74, 6) is -1.35. The van der Waals surface area contributed by atoms with Crippen LogP contribution in [0.1, 0.15) is 36.2 Å². The van der Waals surface area contributed by atoms with E-state index in [1.54, 1.807) is 30.3 Å². The zero-order chi connectivity index (χ0) is 17.4. The zero-order valence-corrected chi connectivity index (χ0v) is 13.5. The van der Waals surface area contributed by atoms with Gasteiger partial charge in [-0.1, -0.05) is 25.0 Å². The minimum Gasteiger partial charge on any atom is -0.457 e. The summed E-state index contributed by atoms with van der Waals surface area (Å²) in [6.45, 7) is 0. The molecule has 2 aromatic rings. The second-order valence-corrected chi connectivity index (χ2v) is 6.34. The SMILES string of the molecule is O=C(Oc1ccccc1N1C(=O)[C@@H]2CCCC[C@H]2C1=O)c1ccco1. The third-order valence-corrected chi connectivity index (χ3v) is 4.87. The van der Waals surface area contributed by atoms with Gasteiger partial charge in [-0.05, 0) is 37.1 Å². The molecule has 2 atom stereocenters. The van der Waals surface area contributed by atoms with E-state index in [4.69, 9.17) is 9.15 Å². The number of nitrogens with zero attached hydrogens (tertiary/aromatic N) is 1. The molecule has 0 radical (unpaired) electrons. The summed E-state index contributed by atoms with van der Waals surface area (Å²) in [5.41, 5.74) is 0.312. The van der Waals surface area contributed by atoms with E-state index in [0.717, 1.165) is 25.7 Å². The standard InChI is InChI=1S/C19H17NO5/c21-17-12-6-1-2-7-13(12)18(22)20(17)14-8-3-4-9-15(14)25-19(23)16-10-5-11-24-16/h3-5,8-13H,1-2,6-7H2/t12-,13-/m1/s1. The predicted octanol–water partition coefficient (Wildman–Crippen LogP) is 3.18. The lowest BCUT2D eigenvalue weighted by Gasteiger charge is -2.19. The van der Waals surface area contributed by atoms with E-state index in [2.05, 4.69) is 0 Å². The molecule has 0 unspecified atom stereocenters. The Morgan fingerprint density at radius 3 is 2.32 bits per heavy atom. The van der Waals surface area contributed by atoms with Crippen molar-refractivity contribution in [2.24, 2.45) is 11.8 Å². The highest BCUT2D eigenvalue weighted by Crippen LogP contribution is 2.42. The number of ether oxygens (including phenoxy) is 1. The first-order chi connectivity index (χ1) is 12.2. The van der Waals surface area contributed by atoms with E-state index in [1.165, 1.54) is 17.2 Å². The van der Waals surface area contributed by atoms with Gasteiger partial charge in [-0.25, -0.2) is 9.69 Å². The van der Waals surface area contributed by atoms with Crippen LogP contribution < -0.4 is 9.64 Å². The summed E-state index contributed by atoms with van der Waals surface area (Å²) >= 11 is 0. The Kier molecular flexibility index (Phi) is 3.87. The lowest BCUT2D eigenvalue weighted by molar-refractivity contribution is -0.122. The highest BCUT2D eigenvalue weighted by atomic mass is 16.5. The fraction of sp³-hybridized carbons (Fsp3) is 0.316. The van der Waals surface area contributed by atoms with E-state index >= 15 is 0 Å². The summed E-state index contributed by atoms with van der Waals surface area (Å²) in [6, 6.07) is 9.66. The number of carbonyl (C=O) groups is 3. The average molecular weight is 339 g/mol. The molecule has 2 fully saturated rings. The van der Waals surface area contributed by atoms with Gasteiger partial charge in [0.15, 0.2) is 5.75 Å². The van der Waals surface area contributed by atoms with Crippen LogP contribution in [0.3, 0.4) is 0 Å². The molecule has 2 aliphatic rings. The van der Waals surface area contributed by atoms with Crippen molar-refractivity contribution >= 4 is 23.5 Å². The number of benzene rings is 1. The van der Waals surface area contributed by atoms with Crippen LogP contribution in [0.25, 0.3) is 0 Å². The van der Waals surface area contributed by atoms with Gasteiger partial charge in [0, 0.05) is 0 Å². The number of para-hydroxylation sites is 2. The summed E-state index contributed by atoms with van der Waals surface area (Å²) in [6.07, 6.45) is 4.77. The molecule has 6 nitrogen and oxygen atoms in total. The van der Waals surface area contributed by atoms with E-state index in [9.17, 15) is 14.4 Å². The number of esters is 1. The Bertz CT molecular complexity index is 802. The highest BCUT2D eigenvalue weighted by molar-refractivity contribution is 6.22. The second-order valence-electron chi connectivity index (χ2n) is 6.34. The van der Waals surface area contributed by atoms with Gasteiger partial charge in [0.2, 0.25) is 17.6 Å². The lowest BCUT2D eigenvalue weighted by Crippen LogP contribution is -2.31. The lowest BCUT2D eigenvalue weighted by atomic mass is 9.81. The van der Waals surface area contributed by atoms with Crippen LogP contribution in [-0.4, -0.2) is 17.8 Å². The molecule has 2 amide bonds. The maximum Gasteiger partial charge on any atom is 0.379 e. The molecule has 1 aromatic carbocycles. The zero-order valence-electron chi connectivity index (χ0n) is 13.5. The average Bonchev–Trinajstić information content (AvgIpc) is 3.25. The molecule has 4 rings (SSSR count). The molecule has 1 aliphatic carbocycles. The van der Waals surface area contributed by atoms with Crippen LogP contribution in [0.5, 0.6) is 5.75 Å². The first kappa shape index (κ1) is 15.6. The van der Waals surface area contributed by atoms with Gasteiger partial charge in [-0.15, -0.1) is 0 Å². The molecule has 128 valence electrons. The number of hydrogen-bond acceptors (Lipinski definition) is 5. The van der Waals surface area contributed by atoms with Crippen LogP contribution in [0.2, 0.25) is 0 Å². The van der Waals surface area contributed by atoms with Crippen molar-refractivity contribution < 1.29 is 23.5 Å². The number of imide groups is 1. The van der Waals surface area contributed by atoms with Gasteiger partial charge in [-0.2, -0.15) is 0 Å². The second kappa shape index (κ2) is 6.20. The Labute approximate surface area is 144 Å². The quantitative estimate of drug-likeness (QED) is 0.488. The largest absolute Gasteiger partial charge is 0.457 e. The van der Waals surface area contributed by atoms with E-state index < -0.39 is 5.97 Å². The number of furan rings is 1. The molecule has 0 spiro atoms. The third-order valence-electron chi connectivity index (χ3n) is 4.87. The van der Waals surface area contributed by atoms with Gasteiger partial charge in [-0.3, -0.25) is 9.59 Å². The molecule has 1 aromatic heterocycles. The van der Waals surface area contributed by atoms with Gasteiger partial charge >= 0.3 is 5.97 Å². The number of hydrogen-bond donors (Lipinski definition) is 0. The first-order valence-electron chi connectivity index (χ1n) is 8.39. The summed E-state index contributed by atoms with van der Waals surface area (Å²) in [5, 5.41) is 0. The topological polar surface area (TPSA) is 76.8 Å². The Morgan fingerprint density at radius 2 is 1.68 bits per heavy atom. The monoisotopic (exact) mass is 339 g/mol. The van der Waals surface area contributed by atoms with Crippen molar-refractivity contribution in [2.45, 2.75) is 25.7 Å². The van der Waals surface area contributed by atoms with E-state index in [0.29, 0.717) is 5.69 Å². The fourth-order valence-corrected chi connectivity index (χ4v) is 3.67. The van der Waals surface area contributed by atoms with Gasteiger partial charge in [0.25, 0.3) is 0 Å². The van der Waals surface area contributed by atoms with Gasteiger partial charge in [0.1, 0.15) is 0 Å². The van der Waals surface area contributed by atoms with Crippen molar-refractivity contribution in [3.8, 4) is 5.75 Å². The maximum absolute atomic E-state index is 12.8. The minimum absolute atomic E-state index is 0.0579. The molecule has 0 bridgehead atoms. The van der Waals surface area contributed by atoms with Crippen molar-refractivity contribution in [3.63, 3.8) is 0 Å². The molecule has 1 aliphatic heterocycles. The van der Waals surface area contributed by atoms with E-state index in [-0.39, 0.29) is 35.2 Å². The Hall–Kier alpha value is -2.89. The van der Waals surface area contributed by atoms with Crippen molar-refractivity contribution in [3.05, 3.63) is 48.4 Å². The number of rotatable bonds is 3. The maximum atomic E-state index is 12.8. The molecule has 2 heterocycles. The number of amides is 2. The van der Waals surface area contributed by atoms with E-state index in [1.807, 2.05) is 0 Å². The third kappa shape index (κ3) is 2.63. The van der Waals surface area contributed by atoms with Gasteiger partial charge in [0.05, 0.1) is 23.8 Å².